The number of nitrogens with one attached hydrogen (secondary N) is 1. The highest BCUT2D eigenvalue weighted by Gasteiger charge is 2.21. The number of likely N-dealkylation sites (N-methyl/N-ethyl adjacent to an activating group) is 2. The van der Waals surface area contributed by atoms with Crippen LogP contribution in [0.25, 0.3) is 0 Å². The van der Waals surface area contributed by atoms with Crippen LogP contribution in [0.3, 0.4) is 0 Å². The summed E-state index contributed by atoms with van der Waals surface area (Å²) < 4.78 is 28.0. The predicted octanol–water partition coefficient (Wildman–Crippen LogP) is 2.94. The Morgan fingerprint density at radius 2 is 2.00 bits per heavy atom. The first kappa shape index (κ1) is 14.5. The highest BCUT2D eigenvalue weighted by atomic mass is 79.9. The molecule has 1 rings (SSSR count). The third-order valence-electron chi connectivity index (χ3n) is 2.43. The molecule has 0 aliphatic heterocycles. The van der Waals surface area contributed by atoms with Crippen molar-refractivity contribution < 1.29 is 8.78 Å². The number of rotatable bonds is 5. The second kappa shape index (κ2) is 6.42. The molecule has 0 aliphatic rings. The summed E-state index contributed by atoms with van der Waals surface area (Å²) >= 11 is 3.08. The molecule has 0 fully saturated rings. The Labute approximate surface area is 109 Å². The van der Waals surface area contributed by atoms with Gasteiger partial charge in [0.1, 0.15) is 11.6 Å². The number of hydrogen-bond acceptors (Lipinski definition) is 2. The van der Waals surface area contributed by atoms with Crippen LogP contribution in [0.1, 0.15) is 18.5 Å². The number of benzene rings is 1. The fourth-order valence-corrected chi connectivity index (χ4v) is 2.08. The van der Waals surface area contributed by atoms with Crippen molar-refractivity contribution in [2.24, 2.45) is 0 Å². The molecule has 0 aromatic heterocycles. The summed E-state index contributed by atoms with van der Waals surface area (Å²) in [5.74, 6) is -1.05. The molecule has 0 bridgehead atoms. The summed E-state index contributed by atoms with van der Waals surface area (Å²) in [7, 11) is 3.75. The van der Waals surface area contributed by atoms with Crippen LogP contribution in [-0.2, 0) is 0 Å². The van der Waals surface area contributed by atoms with Crippen LogP contribution in [0.2, 0.25) is 0 Å². The van der Waals surface area contributed by atoms with E-state index in [0.717, 1.165) is 0 Å². The predicted molar refractivity (Wildman–Crippen MR) is 69.0 cm³/mol. The van der Waals surface area contributed by atoms with E-state index in [9.17, 15) is 8.78 Å². The Bertz CT molecular complexity index is 383. The van der Waals surface area contributed by atoms with Crippen molar-refractivity contribution in [1.82, 2.24) is 10.2 Å². The minimum absolute atomic E-state index is 0.0925. The zero-order valence-electron chi connectivity index (χ0n) is 10.2. The van der Waals surface area contributed by atoms with Crippen LogP contribution in [0.15, 0.2) is 16.6 Å². The Morgan fingerprint density at radius 1 is 1.35 bits per heavy atom. The summed E-state index contributed by atoms with van der Waals surface area (Å²) in [4.78, 5) is 1.90. The van der Waals surface area contributed by atoms with E-state index in [0.29, 0.717) is 13.1 Å². The average Bonchev–Trinajstić information content (AvgIpc) is 2.23. The molecule has 0 amide bonds. The largest absolute Gasteiger partial charge is 0.309 e. The molecule has 5 heteroatoms. The molecule has 0 saturated heterocycles. The lowest BCUT2D eigenvalue weighted by Gasteiger charge is -2.23. The molecule has 1 atom stereocenters. The molecule has 1 N–H and O–H groups in total. The molecule has 1 aromatic rings. The van der Waals surface area contributed by atoms with Crippen molar-refractivity contribution in [3.05, 3.63) is 33.8 Å². The highest BCUT2D eigenvalue weighted by molar-refractivity contribution is 9.10. The van der Waals surface area contributed by atoms with Crippen molar-refractivity contribution >= 4 is 15.9 Å². The van der Waals surface area contributed by atoms with Gasteiger partial charge in [-0.05, 0) is 48.7 Å². The van der Waals surface area contributed by atoms with Crippen molar-refractivity contribution in [1.29, 1.82) is 0 Å². The van der Waals surface area contributed by atoms with Gasteiger partial charge < -0.3 is 10.2 Å². The molecule has 2 nitrogen and oxygen atoms in total. The Balaban J connectivity index is 3.12. The maximum absolute atomic E-state index is 13.9. The van der Waals surface area contributed by atoms with Crippen LogP contribution in [-0.4, -0.2) is 32.1 Å². The van der Waals surface area contributed by atoms with E-state index in [-0.39, 0.29) is 16.1 Å². The Kier molecular flexibility index (Phi) is 5.49. The summed E-state index contributed by atoms with van der Waals surface area (Å²) in [5, 5.41) is 3.10. The van der Waals surface area contributed by atoms with E-state index in [2.05, 4.69) is 21.2 Å². The van der Waals surface area contributed by atoms with E-state index >= 15 is 0 Å². The summed E-state index contributed by atoms with van der Waals surface area (Å²) in [6, 6.07) is 2.31. The Morgan fingerprint density at radius 3 is 2.53 bits per heavy atom. The summed E-state index contributed by atoms with van der Waals surface area (Å²) in [6.45, 7) is 3.11. The fourth-order valence-electron chi connectivity index (χ4n) is 1.73. The van der Waals surface area contributed by atoms with E-state index in [1.54, 1.807) is 0 Å². The lowest BCUT2D eigenvalue weighted by atomic mass is 10.0. The van der Waals surface area contributed by atoms with Gasteiger partial charge in [-0.15, -0.1) is 0 Å². The maximum atomic E-state index is 13.9. The van der Waals surface area contributed by atoms with Crippen LogP contribution < -0.4 is 5.32 Å². The molecule has 0 saturated carbocycles. The minimum Gasteiger partial charge on any atom is -0.309 e. The van der Waals surface area contributed by atoms with Crippen molar-refractivity contribution in [3.63, 3.8) is 0 Å². The number of halogens is 3. The van der Waals surface area contributed by atoms with Gasteiger partial charge >= 0.3 is 0 Å². The van der Waals surface area contributed by atoms with Crippen LogP contribution >= 0.6 is 15.9 Å². The third-order valence-corrected chi connectivity index (χ3v) is 3.04. The Hall–Kier alpha value is -0.520. The lowest BCUT2D eigenvalue weighted by molar-refractivity contribution is 0.332. The van der Waals surface area contributed by atoms with E-state index in [1.165, 1.54) is 12.1 Å². The summed E-state index contributed by atoms with van der Waals surface area (Å²) in [5.41, 5.74) is 0.0925. The minimum atomic E-state index is -0.530. The third kappa shape index (κ3) is 3.72. The fraction of sp³-hybridized carbons (Fsp3) is 0.500. The lowest BCUT2D eigenvalue weighted by Crippen LogP contribution is -2.32. The van der Waals surface area contributed by atoms with E-state index in [4.69, 9.17) is 0 Å². The monoisotopic (exact) mass is 306 g/mol. The van der Waals surface area contributed by atoms with Gasteiger partial charge in [-0.3, -0.25) is 0 Å². The zero-order valence-corrected chi connectivity index (χ0v) is 11.8. The standard InChI is InChI=1S/C12H17BrF2N2/c1-4-16-10(7-17(2)3)11-9(14)6-5-8(13)12(11)15/h5-6,10,16H,4,7H2,1-3H3. The highest BCUT2D eigenvalue weighted by Crippen LogP contribution is 2.27. The molecule has 96 valence electrons. The molecule has 17 heavy (non-hydrogen) atoms. The first-order valence-electron chi connectivity index (χ1n) is 5.48. The quantitative estimate of drug-likeness (QED) is 0.842. The van der Waals surface area contributed by atoms with Gasteiger partial charge in [0.25, 0.3) is 0 Å². The molecule has 1 unspecified atom stereocenters. The maximum Gasteiger partial charge on any atom is 0.145 e. The smallest absolute Gasteiger partial charge is 0.145 e. The van der Waals surface area contributed by atoms with Crippen LogP contribution in [0.5, 0.6) is 0 Å². The van der Waals surface area contributed by atoms with E-state index < -0.39 is 11.6 Å². The second-order valence-electron chi connectivity index (χ2n) is 4.13. The summed E-state index contributed by atoms with van der Waals surface area (Å²) in [6.07, 6.45) is 0. The average molecular weight is 307 g/mol. The van der Waals surface area contributed by atoms with Crippen LogP contribution in [0.4, 0.5) is 8.78 Å². The molecule has 1 aromatic carbocycles. The topological polar surface area (TPSA) is 15.3 Å². The van der Waals surface area contributed by atoms with Gasteiger partial charge in [-0.25, -0.2) is 8.78 Å². The van der Waals surface area contributed by atoms with Crippen LogP contribution in [0, 0.1) is 11.6 Å². The SMILES string of the molecule is CCNC(CN(C)C)c1c(F)ccc(Br)c1F. The normalized spacial score (nSPS) is 13.1. The number of hydrogen-bond donors (Lipinski definition) is 1. The molecular formula is C12H17BrF2N2. The first-order chi connectivity index (χ1) is 7.97. The molecule has 0 radical (unpaired) electrons. The van der Waals surface area contributed by atoms with Crippen molar-refractivity contribution in [3.8, 4) is 0 Å². The molecular weight excluding hydrogens is 290 g/mol. The van der Waals surface area contributed by atoms with Crippen molar-refractivity contribution in [2.45, 2.75) is 13.0 Å². The van der Waals surface area contributed by atoms with Gasteiger partial charge in [-0.1, -0.05) is 6.92 Å². The van der Waals surface area contributed by atoms with Gasteiger partial charge in [-0.2, -0.15) is 0 Å². The van der Waals surface area contributed by atoms with Gasteiger partial charge in [0.2, 0.25) is 0 Å². The first-order valence-corrected chi connectivity index (χ1v) is 6.28. The van der Waals surface area contributed by atoms with Crippen molar-refractivity contribution in [2.75, 3.05) is 27.2 Å². The van der Waals surface area contributed by atoms with E-state index in [1.807, 2.05) is 25.9 Å². The molecule has 0 aliphatic carbocycles. The second-order valence-corrected chi connectivity index (χ2v) is 4.98. The molecule has 0 heterocycles. The van der Waals surface area contributed by atoms with Gasteiger partial charge in [0.15, 0.2) is 0 Å². The van der Waals surface area contributed by atoms with Gasteiger partial charge in [0, 0.05) is 12.1 Å². The number of nitrogens with zero attached hydrogens (tertiary/aromatic N) is 1. The molecule has 0 spiro atoms. The van der Waals surface area contributed by atoms with Gasteiger partial charge in [0.05, 0.1) is 10.5 Å². The zero-order chi connectivity index (χ0) is 13.0.